The van der Waals surface area contributed by atoms with Crippen molar-refractivity contribution >= 4 is 17.0 Å². The number of hydrogen-bond acceptors (Lipinski definition) is 6. The molecule has 0 unspecified atom stereocenters. The minimum atomic E-state index is -4.46. The van der Waals surface area contributed by atoms with Gasteiger partial charge in [-0.3, -0.25) is 23.4 Å². The van der Waals surface area contributed by atoms with Gasteiger partial charge in [0.15, 0.2) is 6.73 Å². The van der Waals surface area contributed by atoms with Crippen LogP contribution < -0.4 is 11.2 Å². The van der Waals surface area contributed by atoms with Crippen LogP contribution in [0.5, 0.6) is 0 Å². The van der Waals surface area contributed by atoms with Gasteiger partial charge in [0.1, 0.15) is 5.52 Å². The van der Waals surface area contributed by atoms with Crippen molar-refractivity contribution < 1.29 is 22.7 Å². The molecule has 1 aliphatic heterocycles. The molecule has 4 heterocycles. The van der Waals surface area contributed by atoms with Crippen LogP contribution in [0.15, 0.2) is 52.3 Å². The minimum Gasteiger partial charge on any atom is -0.444 e. The van der Waals surface area contributed by atoms with Crippen LogP contribution in [0.2, 0.25) is 0 Å². The molecule has 1 fully saturated rings. The van der Waals surface area contributed by atoms with Crippen molar-refractivity contribution in [2.75, 3.05) is 20.1 Å². The van der Waals surface area contributed by atoms with Crippen molar-refractivity contribution in [3.63, 3.8) is 0 Å². The maximum absolute atomic E-state index is 13.6. The van der Waals surface area contributed by atoms with E-state index in [1.807, 2.05) is 18.9 Å². The van der Waals surface area contributed by atoms with Gasteiger partial charge >= 0.3 is 17.8 Å². The quantitative estimate of drug-likeness (QED) is 0.286. The summed E-state index contributed by atoms with van der Waals surface area (Å²) in [6.45, 7) is 5.21. The third-order valence-corrected chi connectivity index (χ3v) is 7.30. The average Bonchev–Trinajstić information content (AvgIpc) is 3.52. The zero-order valence-electron chi connectivity index (χ0n) is 23.0. The van der Waals surface area contributed by atoms with Gasteiger partial charge in [0.2, 0.25) is 0 Å². The molecular formula is C28H31F3N6O4. The molecule has 0 aliphatic carbocycles. The summed E-state index contributed by atoms with van der Waals surface area (Å²) in [6, 6.07) is 6.71. The molecule has 0 saturated carbocycles. The van der Waals surface area contributed by atoms with E-state index in [2.05, 4.69) is 5.10 Å². The summed E-state index contributed by atoms with van der Waals surface area (Å²) < 4.78 is 51.0. The number of alkyl halides is 3. The number of nitrogens with zero attached hydrogens (tertiary/aromatic N) is 6. The molecule has 0 amide bonds. The maximum Gasteiger partial charge on any atom is 0.416 e. The van der Waals surface area contributed by atoms with E-state index < -0.39 is 23.0 Å². The second-order valence-electron chi connectivity index (χ2n) is 10.3. The lowest BCUT2D eigenvalue weighted by molar-refractivity contribution is -0.157. The fourth-order valence-electron chi connectivity index (χ4n) is 5.24. The number of ether oxygens (including phenoxy) is 1. The Morgan fingerprint density at radius 1 is 1.10 bits per heavy atom. The normalized spacial score (nSPS) is 14.5. The Bertz CT molecular complexity index is 1710. The van der Waals surface area contributed by atoms with Gasteiger partial charge in [-0.1, -0.05) is 19.1 Å². The van der Waals surface area contributed by atoms with Crippen LogP contribution in [0.3, 0.4) is 0 Å². The largest absolute Gasteiger partial charge is 0.444 e. The third-order valence-electron chi connectivity index (χ3n) is 7.30. The van der Waals surface area contributed by atoms with E-state index in [1.54, 1.807) is 29.8 Å². The summed E-state index contributed by atoms with van der Waals surface area (Å²) in [7, 11) is 1.90. The summed E-state index contributed by atoms with van der Waals surface area (Å²) in [5, 5.41) is 4.33. The van der Waals surface area contributed by atoms with Crippen LogP contribution in [0.25, 0.3) is 22.3 Å². The summed E-state index contributed by atoms with van der Waals surface area (Å²) in [5.74, 6) is -0.639. The molecular weight excluding hydrogens is 541 g/mol. The van der Waals surface area contributed by atoms with Crippen LogP contribution >= 0.6 is 0 Å². The molecule has 0 spiro atoms. The van der Waals surface area contributed by atoms with E-state index in [-0.39, 0.29) is 37.2 Å². The number of rotatable bonds is 9. The van der Waals surface area contributed by atoms with Gasteiger partial charge < -0.3 is 14.2 Å². The van der Waals surface area contributed by atoms with Crippen LogP contribution in [-0.2, 0) is 42.1 Å². The fraction of sp³-hybridized carbons (Fsp3) is 0.429. The number of fused-ring (bicyclic) bond motifs is 1. The summed E-state index contributed by atoms with van der Waals surface area (Å²) in [5.41, 5.74) is 0.406. The molecule has 0 bridgehead atoms. The molecule has 10 nitrogen and oxygen atoms in total. The first kappa shape index (κ1) is 28.4. The lowest BCUT2D eigenvalue weighted by Crippen LogP contribution is -2.48. The van der Waals surface area contributed by atoms with Crippen molar-refractivity contribution in [1.29, 1.82) is 0 Å². The van der Waals surface area contributed by atoms with Gasteiger partial charge in [-0.2, -0.15) is 18.3 Å². The molecule has 0 N–H and O–H groups in total. The number of hydrogen-bond donors (Lipinski definition) is 0. The van der Waals surface area contributed by atoms with Crippen LogP contribution in [-0.4, -0.2) is 54.5 Å². The second-order valence-corrected chi connectivity index (χ2v) is 10.3. The fourth-order valence-corrected chi connectivity index (χ4v) is 5.24. The smallest absolute Gasteiger partial charge is 0.416 e. The van der Waals surface area contributed by atoms with E-state index in [0.29, 0.717) is 48.4 Å². The van der Waals surface area contributed by atoms with Crippen molar-refractivity contribution in [3.05, 3.63) is 74.7 Å². The molecule has 3 aromatic heterocycles. The second kappa shape index (κ2) is 11.0. The Kier molecular flexibility index (Phi) is 7.64. The molecule has 1 saturated heterocycles. The molecule has 218 valence electrons. The van der Waals surface area contributed by atoms with E-state index in [9.17, 15) is 27.6 Å². The molecule has 41 heavy (non-hydrogen) atoms. The lowest BCUT2D eigenvalue weighted by atomic mass is 10.0. The minimum absolute atomic E-state index is 0.0807. The van der Waals surface area contributed by atoms with E-state index >= 15 is 0 Å². The standard InChI is InChI=1S/C28H31F3N6O4/c1-4-9-36-25(38)24-23(35(5-2)27(36)40)11-22(37(24)17-41-26(39)20-14-33(3)15-20)19-12-32-34(16-19)13-18-7-6-8-21(10-18)28(29,30)31/h6-8,10-12,16,20H,4-5,9,13-15,17H2,1-3H3. The highest BCUT2D eigenvalue weighted by Gasteiger charge is 2.32. The van der Waals surface area contributed by atoms with Gasteiger partial charge in [-0.25, -0.2) is 4.79 Å². The van der Waals surface area contributed by atoms with Crippen LogP contribution in [0.1, 0.15) is 31.4 Å². The Morgan fingerprint density at radius 2 is 1.85 bits per heavy atom. The summed E-state index contributed by atoms with van der Waals surface area (Å²) >= 11 is 0. The Morgan fingerprint density at radius 3 is 2.51 bits per heavy atom. The van der Waals surface area contributed by atoms with Crippen LogP contribution in [0.4, 0.5) is 13.2 Å². The van der Waals surface area contributed by atoms with E-state index in [0.717, 1.165) is 12.1 Å². The molecule has 1 aliphatic rings. The number of halogens is 3. The molecule has 1 aromatic carbocycles. The zero-order valence-corrected chi connectivity index (χ0v) is 23.0. The molecule has 0 atom stereocenters. The first-order valence-electron chi connectivity index (χ1n) is 13.4. The predicted molar refractivity (Wildman–Crippen MR) is 145 cm³/mol. The highest BCUT2D eigenvalue weighted by molar-refractivity contribution is 5.83. The average molecular weight is 573 g/mol. The number of aryl methyl sites for hydroxylation is 1. The van der Waals surface area contributed by atoms with Crippen LogP contribution in [0, 0.1) is 5.92 Å². The van der Waals surface area contributed by atoms with Crippen molar-refractivity contribution in [2.45, 2.75) is 52.8 Å². The van der Waals surface area contributed by atoms with Gasteiger partial charge in [0, 0.05) is 37.9 Å². The van der Waals surface area contributed by atoms with Crippen molar-refractivity contribution in [1.82, 2.24) is 28.4 Å². The monoisotopic (exact) mass is 572 g/mol. The van der Waals surface area contributed by atoms with Gasteiger partial charge in [-0.05, 0) is 44.2 Å². The third kappa shape index (κ3) is 5.45. The Labute approximate surface area is 233 Å². The topological polar surface area (TPSA) is 96.3 Å². The summed E-state index contributed by atoms with van der Waals surface area (Å²) in [6.07, 6.45) is -0.713. The van der Waals surface area contributed by atoms with Crippen molar-refractivity contribution in [3.8, 4) is 11.3 Å². The number of carbonyl (C=O) groups excluding carboxylic acids is 1. The number of aromatic nitrogens is 5. The number of likely N-dealkylation sites (tertiary alicyclic amines) is 1. The number of benzene rings is 1. The van der Waals surface area contributed by atoms with Crippen molar-refractivity contribution in [2.24, 2.45) is 5.92 Å². The SMILES string of the molecule is CCCn1c(=O)c2c(cc(-c3cnn(Cc4cccc(C(F)(F)F)c4)c3)n2COC(=O)C2CN(C)C2)n(CC)c1=O. The molecule has 4 aromatic rings. The Hall–Kier alpha value is -4.13. The van der Waals surface area contributed by atoms with Gasteiger partial charge in [0.25, 0.3) is 5.56 Å². The lowest BCUT2D eigenvalue weighted by Gasteiger charge is -2.34. The highest BCUT2D eigenvalue weighted by atomic mass is 19.4. The number of carbonyl (C=O) groups is 1. The number of esters is 1. The van der Waals surface area contributed by atoms with E-state index in [4.69, 9.17) is 4.74 Å². The van der Waals surface area contributed by atoms with Gasteiger partial charge in [0.05, 0.1) is 35.4 Å². The Balaban J connectivity index is 1.57. The molecule has 13 heteroatoms. The predicted octanol–water partition coefficient (Wildman–Crippen LogP) is 3.39. The van der Waals surface area contributed by atoms with E-state index in [1.165, 1.54) is 26.1 Å². The first-order chi connectivity index (χ1) is 19.5. The first-order valence-corrected chi connectivity index (χ1v) is 13.4. The maximum atomic E-state index is 13.6. The van der Waals surface area contributed by atoms with Gasteiger partial charge in [-0.15, -0.1) is 0 Å². The molecule has 0 radical (unpaired) electrons. The summed E-state index contributed by atoms with van der Waals surface area (Å²) in [4.78, 5) is 41.4. The molecule has 5 rings (SSSR count). The highest BCUT2D eigenvalue weighted by Crippen LogP contribution is 2.30. The zero-order chi connectivity index (χ0) is 29.5.